The molecule has 0 bridgehead atoms. The lowest BCUT2D eigenvalue weighted by molar-refractivity contribution is 0.529. The Morgan fingerprint density at radius 1 is 1.29 bits per heavy atom. The quantitative estimate of drug-likeness (QED) is 0.883. The summed E-state index contributed by atoms with van der Waals surface area (Å²) in [7, 11) is -3.55. The predicted octanol–water partition coefficient (Wildman–Crippen LogP) is 2.60. The van der Waals surface area contributed by atoms with E-state index in [1.54, 1.807) is 6.92 Å². The van der Waals surface area contributed by atoms with E-state index in [0.29, 0.717) is 5.56 Å². The summed E-state index contributed by atoms with van der Waals surface area (Å²) in [6, 6.07) is 3.61. The van der Waals surface area contributed by atoms with Gasteiger partial charge in [0.2, 0.25) is 10.0 Å². The minimum atomic E-state index is -3.55. The van der Waals surface area contributed by atoms with Gasteiger partial charge < -0.3 is 0 Å². The van der Waals surface area contributed by atoms with Crippen molar-refractivity contribution in [3.05, 3.63) is 29.6 Å². The number of nitrogens with one attached hydrogen (secondary N) is 1. The molecule has 0 aliphatic rings. The molecule has 0 atom stereocenters. The van der Waals surface area contributed by atoms with Gasteiger partial charge in [-0.15, -0.1) is 0 Å². The van der Waals surface area contributed by atoms with Crippen LogP contribution < -0.4 is 4.72 Å². The molecule has 0 radical (unpaired) electrons. The van der Waals surface area contributed by atoms with Crippen LogP contribution >= 0.6 is 0 Å². The van der Waals surface area contributed by atoms with Gasteiger partial charge in [-0.3, -0.25) is 0 Å². The van der Waals surface area contributed by atoms with Crippen molar-refractivity contribution in [2.24, 2.45) is 0 Å². The fourth-order valence-corrected chi connectivity index (χ4v) is 3.28. The summed E-state index contributed by atoms with van der Waals surface area (Å²) in [5.74, 6) is -0.427. The Balaban J connectivity index is 3.05. The van der Waals surface area contributed by atoms with Crippen molar-refractivity contribution in [3.63, 3.8) is 0 Å². The van der Waals surface area contributed by atoms with E-state index in [9.17, 15) is 12.8 Å². The molecular formula is C12H18FNO2S. The highest BCUT2D eigenvalue weighted by molar-refractivity contribution is 7.89. The zero-order valence-electron chi connectivity index (χ0n) is 10.3. The summed E-state index contributed by atoms with van der Waals surface area (Å²) in [5, 5.41) is 0. The standard InChI is InChI=1S/C12H18FNO2S/c1-4-11(5-2)14-17(15,16)12-7-6-10(13)8-9(12)3/h6-8,11,14H,4-5H2,1-3H3. The normalized spacial score (nSPS) is 12.1. The van der Waals surface area contributed by atoms with Crippen molar-refractivity contribution < 1.29 is 12.8 Å². The van der Waals surface area contributed by atoms with Crippen molar-refractivity contribution in [2.75, 3.05) is 0 Å². The van der Waals surface area contributed by atoms with Gasteiger partial charge in [0.1, 0.15) is 5.82 Å². The molecule has 0 aromatic heterocycles. The molecule has 0 unspecified atom stereocenters. The highest BCUT2D eigenvalue weighted by Crippen LogP contribution is 2.17. The Kier molecular flexibility index (Phi) is 4.65. The summed E-state index contributed by atoms with van der Waals surface area (Å²) in [6.45, 7) is 5.44. The van der Waals surface area contributed by atoms with Gasteiger partial charge in [-0.2, -0.15) is 0 Å². The van der Waals surface area contributed by atoms with Gasteiger partial charge in [0.05, 0.1) is 4.90 Å². The van der Waals surface area contributed by atoms with E-state index in [0.717, 1.165) is 18.9 Å². The maximum Gasteiger partial charge on any atom is 0.241 e. The van der Waals surface area contributed by atoms with Crippen molar-refractivity contribution in [1.29, 1.82) is 0 Å². The van der Waals surface area contributed by atoms with Crippen LogP contribution in [0.25, 0.3) is 0 Å². The lowest BCUT2D eigenvalue weighted by atomic mass is 10.2. The second kappa shape index (κ2) is 5.60. The first-order chi connectivity index (χ1) is 7.90. The maximum absolute atomic E-state index is 12.9. The number of hydrogen-bond acceptors (Lipinski definition) is 2. The van der Waals surface area contributed by atoms with E-state index in [4.69, 9.17) is 0 Å². The first-order valence-electron chi connectivity index (χ1n) is 5.69. The zero-order chi connectivity index (χ0) is 13.1. The van der Waals surface area contributed by atoms with Gasteiger partial charge in [0, 0.05) is 6.04 Å². The molecule has 1 aromatic rings. The number of rotatable bonds is 5. The van der Waals surface area contributed by atoms with Crippen molar-refractivity contribution in [2.45, 2.75) is 44.6 Å². The first kappa shape index (κ1) is 14.1. The second-order valence-electron chi connectivity index (χ2n) is 4.04. The van der Waals surface area contributed by atoms with E-state index in [2.05, 4.69) is 4.72 Å². The summed E-state index contributed by atoms with van der Waals surface area (Å²) < 4.78 is 39.7. The SMILES string of the molecule is CCC(CC)NS(=O)(=O)c1ccc(F)cc1C. The van der Waals surface area contributed by atoms with Gasteiger partial charge >= 0.3 is 0 Å². The molecule has 0 amide bonds. The molecule has 17 heavy (non-hydrogen) atoms. The van der Waals surface area contributed by atoms with Crippen molar-refractivity contribution >= 4 is 10.0 Å². The Bertz CT molecular complexity index is 481. The van der Waals surface area contributed by atoms with Crippen LogP contribution in [0.2, 0.25) is 0 Å². The van der Waals surface area contributed by atoms with Crippen LogP contribution in [0.15, 0.2) is 23.1 Å². The molecule has 0 fully saturated rings. The van der Waals surface area contributed by atoms with Crippen LogP contribution in [0.3, 0.4) is 0 Å². The topological polar surface area (TPSA) is 46.2 Å². The predicted molar refractivity (Wildman–Crippen MR) is 65.8 cm³/mol. The average molecular weight is 259 g/mol. The third-order valence-electron chi connectivity index (χ3n) is 2.73. The fourth-order valence-electron chi connectivity index (χ4n) is 1.65. The van der Waals surface area contributed by atoms with Gasteiger partial charge in [0.25, 0.3) is 0 Å². The van der Waals surface area contributed by atoms with Crippen LogP contribution in [-0.4, -0.2) is 14.5 Å². The molecule has 0 saturated heterocycles. The molecule has 0 aliphatic heterocycles. The number of benzene rings is 1. The van der Waals surface area contributed by atoms with E-state index in [-0.39, 0.29) is 10.9 Å². The lowest BCUT2D eigenvalue weighted by Crippen LogP contribution is -2.34. The van der Waals surface area contributed by atoms with Crippen LogP contribution in [0, 0.1) is 12.7 Å². The van der Waals surface area contributed by atoms with Gasteiger partial charge in [0.15, 0.2) is 0 Å². The second-order valence-corrected chi connectivity index (χ2v) is 5.73. The summed E-state index contributed by atoms with van der Waals surface area (Å²) >= 11 is 0. The van der Waals surface area contributed by atoms with Gasteiger partial charge in [-0.05, 0) is 43.5 Å². The molecule has 96 valence electrons. The minimum absolute atomic E-state index is 0.0792. The molecule has 0 saturated carbocycles. The van der Waals surface area contributed by atoms with E-state index in [1.807, 2.05) is 13.8 Å². The summed E-state index contributed by atoms with van der Waals surface area (Å²) in [5.41, 5.74) is 0.420. The molecule has 0 heterocycles. The number of sulfonamides is 1. The largest absolute Gasteiger partial charge is 0.241 e. The van der Waals surface area contributed by atoms with Crippen molar-refractivity contribution in [3.8, 4) is 0 Å². The molecule has 1 N–H and O–H groups in total. The molecule has 1 aromatic carbocycles. The minimum Gasteiger partial charge on any atom is -0.208 e. The van der Waals surface area contributed by atoms with Crippen LogP contribution in [0.1, 0.15) is 32.3 Å². The Hall–Kier alpha value is -0.940. The summed E-state index contributed by atoms with van der Waals surface area (Å²) in [6.07, 6.45) is 1.46. The van der Waals surface area contributed by atoms with Gasteiger partial charge in [-0.25, -0.2) is 17.5 Å². The maximum atomic E-state index is 12.9. The Labute approximate surface area is 102 Å². The van der Waals surface area contributed by atoms with E-state index < -0.39 is 15.8 Å². The molecule has 3 nitrogen and oxygen atoms in total. The highest BCUT2D eigenvalue weighted by atomic mass is 32.2. The molecule has 1 rings (SSSR count). The third-order valence-corrected chi connectivity index (χ3v) is 4.41. The van der Waals surface area contributed by atoms with Gasteiger partial charge in [-0.1, -0.05) is 13.8 Å². The highest BCUT2D eigenvalue weighted by Gasteiger charge is 2.20. The van der Waals surface area contributed by atoms with Crippen molar-refractivity contribution in [1.82, 2.24) is 4.72 Å². The lowest BCUT2D eigenvalue weighted by Gasteiger charge is -2.16. The van der Waals surface area contributed by atoms with Crippen LogP contribution in [0.5, 0.6) is 0 Å². The fraction of sp³-hybridized carbons (Fsp3) is 0.500. The third kappa shape index (κ3) is 3.51. The Morgan fingerprint density at radius 3 is 2.35 bits per heavy atom. The number of halogens is 1. The average Bonchev–Trinajstić information content (AvgIpc) is 2.25. The monoisotopic (exact) mass is 259 g/mol. The smallest absolute Gasteiger partial charge is 0.208 e. The number of hydrogen-bond donors (Lipinski definition) is 1. The first-order valence-corrected chi connectivity index (χ1v) is 7.17. The number of aryl methyl sites for hydroxylation is 1. The molecule has 0 aliphatic carbocycles. The van der Waals surface area contributed by atoms with E-state index >= 15 is 0 Å². The van der Waals surface area contributed by atoms with Crippen LogP contribution in [-0.2, 0) is 10.0 Å². The summed E-state index contributed by atoms with van der Waals surface area (Å²) in [4.78, 5) is 0.144. The zero-order valence-corrected chi connectivity index (χ0v) is 11.1. The Morgan fingerprint density at radius 2 is 1.88 bits per heavy atom. The molecule has 5 heteroatoms. The van der Waals surface area contributed by atoms with Crippen LogP contribution in [0.4, 0.5) is 4.39 Å². The molecule has 0 spiro atoms. The molecular weight excluding hydrogens is 241 g/mol. The van der Waals surface area contributed by atoms with E-state index in [1.165, 1.54) is 12.1 Å².